The van der Waals surface area contributed by atoms with Crippen LogP contribution in [0.1, 0.15) is 46.4 Å². The fourth-order valence-electron chi connectivity index (χ4n) is 3.11. The van der Waals surface area contributed by atoms with E-state index in [0.29, 0.717) is 24.1 Å². The third kappa shape index (κ3) is 4.17. The molecule has 1 aliphatic carbocycles. The highest BCUT2D eigenvalue weighted by molar-refractivity contribution is 5.98. The van der Waals surface area contributed by atoms with E-state index in [1.165, 1.54) is 0 Å². The van der Waals surface area contributed by atoms with E-state index in [9.17, 15) is 14.4 Å². The van der Waals surface area contributed by atoms with Crippen LogP contribution in [0.3, 0.4) is 0 Å². The molecule has 7 heteroatoms. The normalized spacial score (nSPS) is 22.7. The molecular weight excluding hydrogens is 324 g/mol. The molecule has 1 heterocycles. The van der Waals surface area contributed by atoms with Crippen molar-refractivity contribution in [2.75, 3.05) is 13.7 Å². The zero-order chi connectivity index (χ0) is 18.0. The smallest absolute Gasteiger partial charge is 0.305 e. The third-order valence-electron chi connectivity index (χ3n) is 4.69. The monoisotopic (exact) mass is 346 g/mol. The number of carboxylic acids is 1. The van der Waals surface area contributed by atoms with Crippen molar-refractivity contribution in [2.24, 2.45) is 0 Å². The van der Waals surface area contributed by atoms with Gasteiger partial charge in [-0.3, -0.25) is 14.4 Å². The molecule has 1 aliphatic heterocycles. The van der Waals surface area contributed by atoms with Crippen LogP contribution in [0.2, 0.25) is 0 Å². The number of nitrogens with one attached hydrogen (secondary N) is 1. The maximum absolute atomic E-state index is 12.7. The summed E-state index contributed by atoms with van der Waals surface area (Å²) in [6, 6.07) is 6.38. The molecule has 1 aromatic rings. The lowest BCUT2D eigenvalue weighted by Gasteiger charge is -2.23. The number of methoxy groups -OCH3 is 1. The molecule has 134 valence electrons. The maximum Gasteiger partial charge on any atom is 0.305 e. The summed E-state index contributed by atoms with van der Waals surface area (Å²) in [5.41, 5.74) is 0.955. The van der Waals surface area contributed by atoms with Crippen molar-refractivity contribution in [3.8, 4) is 0 Å². The van der Waals surface area contributed by atoms with E-state index in [4.69, 9.17) is 9.84 Å². The minimum Gasteiger partial charge on any atom is -0.481 e. The third-order valence-corrected chi connectivity index (χ3v) is 4.69. The van der Waals surface area contributed by atoms with E-state index < -0.39 is 5.97 Å². The molecule has 2 aliphatic rings. The Morgan fingerprint density at radius 3 is 2.40 bits per heavy atom. The second-order valence-electron chi connectivity index (χ2n) is 6.63. The first kappa shape index (κ1) is 17.4. The fourth-order valence-corrected chi connectivity index (χ4v) is 3.11. The largest absolute Gasteiger partial charge is 0.481 e. The number of aliphatic carboxylic acids is 1. The molecule has 0 bridgehead atoms. The zero-order valence-electron chi connectivity index (χ0n) is 14.1. The van der Waals surface area contributed by atoms with Crippen LogP contribution in [0.25, 0.3) is 0 Å². The van der Waals surface area contributed by atoms with E-state index >= 15 is 0 Å². The molecule has 25 heavy (non-hydrogen) atoms. The Kier molecular flexibility index (Phi) is 5.03. The van der Waals surface area contributed by atoms with Gasteiger partial charge in [-0.2, -0.15) is 0 Å². The van der Waals surface area contributed by atoms with E-state index in [-0.39, 0.29) is 36.4 Å². The molecule has 7 nitrogen and oxygen atoms in total. The highest BCUT2D eigenvalue weighted by Gasteiger charge is 2.37. The number of hydrogen-bond acceptors (Lipinski definition) is 4. The predicted molar refractivity (Wildman–Crippen MR) is 89.4 cm³/mol. The maximum atomic E-state index is 12.7. The van der Waals surface area contributed by atoms with Gasteiger partial charge < -0.3 is 20.1 Å². The summed E-state index contributed by atoms with van der Waals surface area (Å²) in [5, 5.41) is 12.0. The van der Waals surface area contributed by atoms with Crippen LogP contribution in [0.4, 0.5) is 0 Å². The van der Waals surface area contributed by atoms with Crippen molar-refractivity contribution in [3.63, 3.8) is 0 Å². The second kappa shape index (κ2) is 7.23. The number of amides is 2. The van der Waals surface area contributed by atoms with Crippen LogP contribution < -0.4 is 5.32 Å². The molecule has 2 N–H and O–H groups in total. The van der Waals surface area contributed by atoms with Gasteiger partial charge in [0.15, 0.2) is 0 Å². The quantitative estimate of drug-likeness (QED) is 0.809. The van der Waals surface area contributed by atoms with Crippen LogP contribution in [0, 0.1) is 0 Å². The highest BCUT2D eigenvalue weighted by atomic mass is 16.5. The molecule has 2 amide bonds. The molecule has 0 radical (unpaired) electrons. The lowest BCUT2D eigenvalue weighted by Crippen LogP contribution is -2.37. The van der Waals surface area contributed by atoms with Gasteiger partial charge in [-0.1, -0.05) is 0 Å². The first-order valence-corrected chi connectivity index (χ1v) is 8.44. The van der Waals surface area contributed by atoms with Crippen molar-refractivity contribution >= 4 is 17.8 Å². The number of ether oxygens (including phenoxy) is 1. The number of benzene rings is 1. The molecule has 1 saturated carbocycles. The molecule has 2 unspecified atom stereocenters. The van der Waals surface area contributed by atoms with Crippen molar-refractivity contribution in [1.82, 2.24) is 10.2 Å². The molecule has 3 rings (SSSR count). The predicted octanol–water partition coefficient (Wildman–Crippen LogP) is 1.28. The molecule has 2 fully saturated rings. The van der Waals surface area contributed by atoms with E-state index in [0.717, 1.165) is 12.8 Å². The van der Waals surface area contributed by atoms with Gasteiger partial charge in [-0.05, 0) is 43.5 Å². The number of hydrogen-bond donors (Lipinski definition) is 2. The Morgan fingerprint density at radius 1 is 1.20 bits per heavy atom. The Morgan fingerprint density at radius 2 is 1.84 bits per heavy atom. The standard InChI is InChI=1S/C18H22N2O5/c1-25-15-8-14(9-16(21)22)20(10-15)18(24)12-4-2-11(3-5-12)17(23)19-13-6-7-13/h2-5,13-15H,6-10H2,1H3,(H,19,23)(H,21,22). The van der Waals surface area contributed by atoms with Crippen molar-refractivity contribution in [3.05, 3.63) is 35.4 Å². The van der Waals surface area contributed by atoms with Gasteiger partial charge in [0.2, 0.25) is 0 Å². The molecule has 0 spiro atoms. The van der Waals surface area contributed by atoms with Gasteiger partial charge in [-0.25, -0.2) is 0 Å². The van der Waals surface area contributed by atoms with Gasteiger partial charge in [0.05, 0.1) is 12.5 Å². The Balaban J connectivity index is 1.70. The number of carboxylic acid groups (broad SMARTS) is 1. The van der Waals surface area contributed by atoms with Crippen LogP contribution in [0.15, 0.2) is 24.3 Å². The SMILES string of the molecule is COC1CC(CC(=O)O)N(C(=O)c2ccc(C(=O)NC3CC3)cc2)C1. The summed E-state index contributed by atoms with van der Waals surface area (Å²) in [4.78, 5) is 37.3. The Bertz CT molecular complexity index is 669. The first-order chi connectivity index (χ1) is 12.0. The molecule has 2 atom stereocenters. The molecule has 1 aromatic carbocycles. The summed E-state index contributed by atoms with van der Waals surface area (Å²) in [7, 11) is 1.56. The van der Waals surface area contributed by atoms with Crippen LogP contribution in [0.5, 0.6) is 0 Å². The summed E-state index contributed by atoms with van der Waals surface area (Å²) >= 11 is 0. The second-order valence-corrected chi connectivity index (χ2v) is 6.63. The summed E-state index contributed by atoms with van der Waals surface area (Å²) in [6.07, 6.45) is 2.28. The Hall–Kier alpha value is -2.41. The van der Waals surface area contributed by atoms with Crippen molar-refractivity contribution < 1.29 is 24.2 Å². The molecular formula is C18H22N2O5. The minimum absolute atomic E-state index is 0.104. The van der Waals surface area contributed by atoms with Crippen molar-refractivity contribution in [1.29, 1.82) is 0 Å². The fraction of sp³-hybridized carbons (Fsp3) is 0.500. The van der Waals surface area contributed by atoms with E-state index in [2.05, 4.69) is 5.32 Å². The van der Waals surface area contributed by atoms with Gasteiger partial charge in [0.25, 0.3) is 11.8 Å². The summed E-state index contributed by atoms with van der Waals surface area (Å²) in [6.45, 7) is 0.372. The average molecular weight is 346 g/mol. The first-order valence-electron chi connectivity index (χ1n) is 8.44. The van der Waals surface area contributed by atoms with Crippen LogP contribution >= 0.6 is 0 Å². The van der Waals surface area contributed by atoms with Gasteiger partial charge >= 0.3 is 5.97 Å². The van der Waals surface area contributed by atoms with Gasteiger partial charge in [0, 0.05) is 36.9 Å². The van der Waals surface area contributed by atoms with Gasteiger partial charge in [-0.15, -0.1) is 0 Å². The van der Waals surface area contributed by atoms with Crippen LogP contribution in [-0.4, -0.2) is 59.6 Å². The van der Waals surface area contributed by atoms with E-state index in [1.807, 2.05) is 0 Å². The number of carbonyl (C=O) groups is 3. The number of likely N-dealkylation sites (tertiary alicyclic amines) is 1. The highest BCUT2D eigenvalue weighted by Crippen LogP contribution is 2.25. The van der Waals surface area contributed by atoms with Crippen LogP contribution in [-0.2, 0) is 9.53 Å². The summed E-state index contributed by atoms with van der Waals surface area (Å²) < 4.78 is 5.29. The van der Waals surface area contributed by atoms with Gasteiger partial charge in [0.1, 0.15) is 0 Å². The van der Waals surface area contributed by atoms with Crippen molar-refractivity contribution in [2.45, 2.75) is 43.9 Å². The molecule has 0 aromatic heterocycles. The lowest BCUT2D eigenvalue weighted by atomic mass is 10.1. The minimum atomic E-state index is -0.938. The number of rotatable bonds is 6. The topological polar surface area (TPSA) is 95.9 Å². The zero-order valence-corrected chi connectivity index (χ0v) is 14.1. The number of carbonyl (C=O) groups excluding carboxylic acids is 2. The Labute approximate surface area is 146 Å². The lowest BCUT2D eigenvalue weighted by molar-refractivity contribution is -0.138. The van der Waals surface area contributed by atoms with E-state index in [1.54, 1.807) is 36.3 Å². The average Bonchev–Trinajstić information content (AvgIpc) is 3.32. The molecule has 1 saturated heterocycles. The number of nitrogens with zero attached hydrogens (tertiary/aromatic N) is 1. The summed E-state index contributed by atoms with van der Waals surface area (Å²) in [5.74, 6) is -1.31.